The Labute approximate surface area is 366 Å². The highest BCUT2D eigenvalue weighted by Gasteiger charge is 2.21. The average molecular weight is 858 g/mol. The Kier molecular flexibility index (Phi) is 39.2. The Morgan fingerprint density at radius 1 is 0.517 bits per heavy atom. The third-order valence-corrected chi connectivity index (χ3v) is 10.1. The molecule has 0 aromatic heterocycles. The van der Waals surface area contributed by atoms with Crippen molar-refractivity contribution in [1.82, 2.24) is 0 Å². The van der Waals surface area contributed by atoms with E-state index < -0.39 is 32.5 Å². The van der Waals surface area contributed by atoms with Gasteiger partial charge in [-0.3, -0.25) is 14.2 Å². The predicted octanol–water partition coefficient (Wildman–Crippen LogP) is 12.7. The summed E-state index contributed by atoms with van der Waals surface area (Å²) < 4.78 is 33.7. The molecule has 60 heavy (non-hydrogen) atoms. The zero-order chi connectivity index (χ0) is 44.3. The SMILES string of the molecule is CCCCCCC/C=C\C/C=C\C/C=C\C/C=C\CCC(=O)OC[C@H](COP(=O)([O-])OCC[N+](C)(C)C)OC(=O)CC/C=C\C/C=C\C/C=C\C/C=C\CCCCCCC. The van der Waals surface area contributed by atoms with E-state index in [1.54, 1.807) is 0 Å². The van der Waals surface area contributed by atoms with Gasteiger partial charge in [0.05, 0.1) is 27.7 Å². The fourth-order valence-corrected chi connectivity index (χ4v) is 6.22. The maximum absolute atomic E-state index is 12.7. The lowest BCUT2D eigenvalue weighted by molar-refractivity contribution is -0.870. The zero-order valence-electron chi connectivity index (χ0n) is 38.4. The molecule has 2 atom stereocenters. The van der Waals surface area contributed by atoms with E-state index >= 15 is 0 Å². The number of likely N-dealkylation sites (N-methyl/N-ethyl adjacent to an activating group) is 1. The molecule has 0 fully saturated rings. The Bertz CT molecular complexity index is 1340. The van der Waals surface area contributed by atoms with Crippen LogP contribution < -0.4 is 4.89 Å². The molecule has 0 aliphatic rings. The molecule has 10 heteroatoms. The predicted molar refractivity (Wildman–Crippen MR) is 249 cm³/mol. The molecular formula is C50H84NO8P. The van der Waals surface area contributed by atoms with Crippen LogP contribution in [0.5, 0.6) is 0 Å². The summed E-state index contributed by atoms with van der Waals surface area (Å²) >= 11 is 0. The van der Waals surface area contributed by atoms with Gasteiger partial charge in [0.1, 0.15) is 19.8 Å². The van der Waals surface area contributed by atoms with E-state index in [-0.39, 0.29) is 26.1 Å². The van der Waals surface area contributed by atoms with Crippen LogP contribution in [0.25, 0.3) is 0 Å². The number of phosphoric acid groups is 1. The van der Waals surface area contributed by atoms with E-state index in [1.165, 1.54) is 70.6 Å². The van der Waals surface area contributed by atoms with Gasteiger partial charge >= 0.3 is 11.9 Å². The van der Waals surface area contributed by atoms with Crippen LogP contribution in [0.2, 0.25) is 0 Å². The van der Waals surface area contributed by atoms with Gasteiger partial charge in [0.15, 0.2) is 6.10 Å². The molecule has 0 rings (SSSR count). The summed E-state index contributed by atoms with van der Waals surface area (Å²) in [6.07, 6.45) is 54.7. The average Bonchev–Trinajstić information content (AvgIpc) is 3.20. The van der Waals surface area contributed by atoms with Gasteiger partial charge in [0.2, 0.25) is 0 Å². The number of allylic oxidation sites excluding steroid dienone is 16. The molecule has 0 spiro atoms. The van der Waals surface area contributed by atoms with Crippen molar-refractivity contribution in [1.29, 1.82) is 0 Å². The van der Waals surface area contributed by atoms with Gasteiger partial charge in [0, 0.05) is 12.8 Å². The lowest BCUT2D eigenvalue weighted by Gasteiger charge is -2.28. The summed E-state index contributed by atoms with van der Waals surface area (Å²) in [5.74, 6) is -1.03. The Morgan fingerprint density at radius 2 is 0.900 bits per heavy atom. The van der Waals surface area contributed by atoms with Gasteiger partial charge in [-0.2, -0.15) is 0 Å². The van der Waals surface area contributed by atoms with Crippen molar-refractivity contribution in [2.24, 2.45) is 0 Å². The first-order valence-corrected chi connectivity index (χ1v) is 24.4. The lowest BCUT2D eigenvalue weighted by atomic mass is 10.1. The molecule has 0 N–H and O–H groups in total. The second-order valence-electron chi connectivity index (χ2n) is 16.1. The highest BCUT2D eigenvalue weighted by atomic mass is 31.2. The zero-order valence-corrected chi connectivity index (χ0v) is 39.3. The van der Waals surface area contributed by atoms with Crippen molar-refractivity contribution in [3.05, 3.63) is 97.2 Å². The number of rotatable bonds is 40. The molecule has 0 aliphatic carbocycles. The number of nitrogens with zero attached hydrogens (tertiary/aromatic N) is 1. The molecule has 0 aromatic carbocycles. The normalized spacial score (nSPS) is 14.4. The van der Waals surface area contributed by atoms with Gasteiger partial charge < -0.3 is 27.9 Å². The molecule has 0 saturated heterocycles. The van der Waals surface area contributed by atoms with Gasteiger partial charge in [-0.05, 0) is 77.0 Å². The molecule has 0 aromatic rings. The Hall–Kier alpha value is -3.07. The first kappa shape index (κ1) is 56.9. The van der Waals surface area contributed by atoms with Crippen LogP contribution in [-0.2, 0) is 32.7 Å². The van der Waals surface area contributed by atoms with Gasteiger partial charge in [-0.15, -0.1) is 0 Å². The first-order valence-electron chi connectivity index (χ1n) is 22.9. The maximum Gasteiger partial charge on any atom is 0.306 e. The number of phosphoric ester groups is 1. The molecule has 1 unspecified atom stereocenters. The maximum atomic E-state index is 12.7. The van der Waals surface area contributed by atoms with E-state index in [9.17, 15) is 19.0 Å². The van der Waals surface area contributed by atoms with E-state index in [2.05, 4.69) is 86.8 Å². The summed E-state index contributed by atoms with van der Waals surface area (Å²) in [6.45, 7) is 4.02. The molecule has 0 saturated carbocycles. The lowest BCUT2D eigenvalue weighted by Crippen LogP contribution is -2.37. The van der Waals surface area contributed by atoms with Crippen molar-refractivity contribution in [2.75, 3.05) is 47.5 Å². The molecule has 0 heterocycles. The standard InChI is InChI=1S/C50H84NO8P/c1-6-8-10-12-14-16-18-20-22-24-26-28-30-32-34-36-38-40-42-49(52)56-46-48(47-58-60(54,55)57-45-44-51(3,4)5)59-50(53)43-41-39-37-35-33-31-29-27-25-23-21-19-17-15-13-11-9-7-2/h18-21,24-27,30-33,36-39,48H,6-17,22-23,28-29,34-35,40-47H2,1-5H3/b20-18-,21-19-,26-24-,27-25-,32-30-,33-31-,38-36-,39-37-/t48-/m1/s1. The quantitative estimate of drug-likeness (QED) is 0.0197. The van der Waals surface area contributed by atoms with E-state index in [4.69, 9.17) is 18.5 Å². The van der Waals surface area contributed by atoms with Crippen LogP contribution in [0.3, 0.4) is 0 Å². The number of ether oxygens (including phenoxy) is 2. The summed E-state index contributed by atoms with van der Waals surface area (Å²) in [5, 5.41) is 0. The topological polar surface area (TPSA) is 111 Å². The van der Waals surface area contributed by atoms with Crippen LogP contribution in [0, 0.1) is 0 Å². The summed E-state index contributed by atoms with van der Waals surface area (Å²) in [5.41, 5.74) is 0. The molecule has 0 bridgehead atoms. The van der Waals surface area contributed by atoms with Crippen LogP contribution in [0.15, 0.2) is 97.2 Å². The molecule has 9 nitrogen and oxygen atoms in total. The van der Waals surface area contributed by atoms with Crippen LogP contribution in [0.1, 0.15) is 155 Å². The molecule has 0 aliphatic heterocycles. The second-order valence-corrected chi connectivity index (χ2v) is 17.5. The number of quaternary nitrogens is 1. The number of hydrogen-bond donors (Lipinski definition) is 0. The number of carbonyl (C=O) groups excluding carboxylic acids is 2. The minimum Gasteiger partial charge on any atom is -0.756 e. The van der Waals surface area contributed by atoms with Crippen LogP contribution >= 0.6 is 7.82 Å². The number of hydrogen-bond acceptors (Lipinski definition) is 8. The molecule has 0 radical (unpaired) electrons. The second kappa shape index (κ2) is 41.3. The van der Waals surface area contributed by atoms with Gasteiger partial charge in [0.25, 0.3) is 7.82 Å². The third-order valence-electron chi connectivity index (χ3n) is 9.10. The Balaban J connectivity index is 4.59. The highest BCUT2D eigenvalue weighted by Crippen LogP contribution is 2.38. The third kappa shape index (κ3) is 44.5. The van der Waals surface area contributed by atoms with E-state index in [0.29, 0.717) is 23.9 Å². The fraction of sp³-hybridized carbons (Fsp3) is 0.640. The molecule has 0 amide bonds. The minimum absolute atomic E-state index is 0.0591. The minimum atomic E-state index is -4.67. The number of unbranched alkanes of at least 4 members (excludes halogenated alkanes) is 10. The first-order chi connectivity index (χ1) is 29.0. The van der Waals surface area contributed by atoms with Crippen molar-refractivity contribution in [2.45, 2.75) is 161 Å². The van der Waals surface area contributed by atoms with Gasteiger partial charge in [-0.25, -0.2) is 0 Å². The molecule has 342 valence electrons. The number of esters is 2. The highest BCUT2D eigenvalue weighted by molar-refractivity contribution is 7.45. The monoisotopic (exact) mass is 858 g/mol. The summed E-state index contributed by atoms with van der Waals surface area (Å²) in [4.78, 5) is 37.5. The van der Waals surface area contributed by atoms with Crippen molar-refractivity contribution >= 4 is 19.8 Å². The number of carbonyl (C=O) groups is 2. The van der Waals surface area contributed by atoms with Gasteiger partial charge in [-0.1, -0.05) is 162 Å². The van der Waals surface area contributed by atoms with E-state index in [0.717, 1.165) is 44.9 Å². The fourth-order valence-electron chi connectivity index (χ4n) is 5.49. The Morgan fingerprint density at radius 3 is 1.32 bits per heavy atom. The largest absolute Gasteiger partial charge is 0.756 e. The molecular weight excluding hydrogens is 774 g/mol. The van der Waals surface area contributed by atoms with Crippen molar-refractivity contribution in [3.63, 3.8) is 0 Å². The summed E-state index contributed by atoms with van der Waals surface area (Å²) in [7, 11) is 1.07. The van der Waals surface area contributed by atoms with Crippen molar-refractivity contribution < 1.29 is 42.1 Å². The smallest absolute Gasteiger partial charge is 0.306 e. The van der Waals surface area contributed by atoms with Crippen LogP contribution in [0.4, 0.5) is 0 Å². The van der Waals surface area contributed by atoms with E-state index in [1.807, 2.05) is 45.4 Å². The van der Waals surface area contributed by atoms with Crippen LogP contribution in [-0.4, -0.2) is 70.0 Å². The summed E-state index contributed by atoms with van der Waals surface area (Å²) in [6, 6.07) is 0. The van der Waals surface area contributed by atoms with Crippen molar-refractivity contribution in [3.8, 4) is 0 Å².